The molecule has 1 aliphatic rings. The summed E-state index contributed by atoms with van der Waals surface area (Å²) >= 11 is 1.03. The summed E-state index contributed by atoms with van der Waals surface area (Å²) in [6.07, 6.45) is -1.37. The van der Waals surface area contributed by atoms with Gasteiger partial charge in [0, 0.05) is 5.38 Å². The molecule has 0 aromatic carbocycles. The number of alkyl halides is 3. The highest BCUT2D eigenvalue weighted by atomic mass is 32.1. The van der Waals surface area contributed by atoms with Crippen molar-refractivity contribution in [3.63, 3.8) is 0 Å². The van der Waals surface area contributed by atoms with Crippen LogP contribution in [0.4, 0.5) is 13.2 Å². The lowest BCUT2D eigenvalue weighted by Crippen LogP contribution is -2.28. The molecule has 0 spiro atoms. The highest BCUT2D eigenvalue weighted by molar-refractivity contribution is 7.09. The van der Waals surface area contributed by atoms with Crippen molar-refractivity contribution >= 4 is 11.3 Å². The molecule has 0 atom stereocenters. The van der Waals surface area contributed by atoms with Crippen molar-refractivity contribution < 1.29 is 13.2 Å². The fraction of sp³-hybridized carbons (Fsp3) is 0.571. The molecule has 0 N–H and O–H groups in total. The molecular formula is C7H5F3NS. The van der Waals surface area contributed by atoms with E-state index in [2.05, 4.69) is 11.2 Å². The topological polar surface area (TPSA) is 12.9 Å². The van der Waals surface area contributed by atoms with Crippen molar-refractivity contribution in [2.45, 2.75) is 24.4 Å². The van der Waals surface area contributed by atoms with Gasteiger partial charge in [-0.15, -0.1) is 11.3 Å². The molecular weight excluding hydrogens is 187 g/mol. The maximum absolute atomic E-state index is 12.4. The molecule has 1 aromatic rings. The number of nitrogens with zero attached hydrogens (tertiary/aromatic N) is 1. The Morgan fingerprint density at radius 3 is 2.50 bits per heavy atom. The lowest BCUT2D eigenvalue weighted by molar-refractivity contribution is -0.160. The monoisotopic (exact) mass is 192 g/mol. The van der Waals surface area contributed by atoms with E-state index in [9.17, 15) is 13.2 Å². The first-order valence-electron chi connectivity index (χ1n) is 3.45. The molecule has 1 heterocycles. The summed E-state index contributed by atoms with van der Waals surface area (Å²) in [4.78, 5) is 3.59. The van der Waals surface area contributed by atoms with Gasteiger partial charge in [-0.25, -0.2) is 4.98 Å². The standard InChI is InChI=1S/C7H5F3NS/c8-7(9,10)6(1-2-6)5-11-3-4-12-5/h4H,1-2H2. The molecule has 1 fully saturated rings. The van der Waals surface area contributed by atoms with Crippen molar-refractivity contribution in [3.05, 3.63) is 16.6 Å². The van der Waals surface area contributed by atoms with Gasteiger partial charge in [-0.2, -0.15) is 13.2 Å². The van der Waals surface area contributed by atoms with Crippen LogP contribution in [-0.4, -0.2) is 11.2 Å². The fourth-order valence-corrected chi connectivity index (χ4v) is 2.02. The van der Waals surface area contributed by atoms with Crippen LogP contribution >= 0.6 is 11.3 Å². The SMILES string of the molecule is FC(F)(F)C1(c2n[c]cs2)CC1. The summed E-state index contributed by atoms with van der Waals surface area (Å²) in [5.41, 5.74) is -1.61. The molecule has 1 saturated carbocycles. The summed E-state index contributed by atoms with van der Waals surface area (Å²) in [5, 5.41) is 1.62. The Morgan fingerprint density at radius 1 is 1.50 bits per heavy atom. The second-order valence-corrected chi connectivity index (χ2v) is 3.72. The molecule has 1 nitrogen and oxygen atoms in total. The quantitative estimate of drug-likeness (QED) is 0.666. The molecule has 0 amide bonds. The van der Waals surface area contributed by atoms with E-state index in [4.69, 9.17) is 0 Å². The van der Waals surface area contributed by atoms with Gasteiger partial charge in [0.15, 0.2) is 0 Å². The summed E-state index contributed by atoms with van der Waals surface area (Å²) in [6, 6.07) is 0. The molecule has 0 bridgehead atoms. The van der Waals surface area contributed by atoms with E-state index >= 15 is 0 Å². The number of rotatable bonds is 1. The van der Waals surface area contributed by atoms with Gasteiger partial charge in [0.2, 0.25) is 0 Å². The van der Waals surface area contributed by atoms with Crippen LogP contribution in [0, 0.1) is 6.20 Å². The zero-order valence-corrected chi connectivity index (χ0v) is 6.80. The van der Waals surface area contributed by atoms with E-state index in [1.54, 1.807) is 0 Å². The highest BCUT2D eigenvalue weighted by Gasteiger charge is 2.65. The van der Waals surface area contributed by atoms with Crippen LogP contribution in [0.15, 0.2) is 5.38 Å². The molecule has 2 rings (SSSR count). The summed E-state index contributed by atoms with van der Waals surface area (Å²) in [7, 11) is 0. The molecule has 0 aliphatic heterocycles. The van der Waals surface area contributed by atoms with E-state index < -0.39 is 11.6 Å². The Balaban J connectivity index is 2.35. The maximum atomic E-state index is 12.4. The Kier molecular flexibility index (Phi) is 1.49. The first kappa shape index (κ1) is 8.04. The van der Waals surface area contributed by atoms with E-state index in [0.29, 0.717) is 0 Å². The molecule has 65 valence electrons. The number of thiazole rings is 1. The minimum Gasteiger partial charge on any atom is -0.239 e. The van der Waals surface area contributed by atoms with Crippen LogP contribution < -0.4 is 0 Å². The molecule has 0 unspecified atom stereocenters. The molecule has 12 heavy (non-hydrogen) atoms. The van der Waals surface area contributed by atoms with Gasteiger partial charge in [-0.3, -0.25) is 0 Å². The van der Waals surface area contributed by atoms with E-state index in [1.165, 1.54) is 5.38 Å². The van der Waals surface area contributed by atoms with Gasteiger partial charge in [-0.05, 0) is 12.8 Å². The third-order valence-electron chi connectivity index (χ3n) is 2.09. The number of aromatic nitrogens is 1. The van der Waals surface area contributed by atoms with Crippen molar-refractivity contribution in [1.82, 2.24) is 4.98 Å². The van der Waals surface area contributed by atoms with Crippen molar-refractivity contribution in [1.29, 1.82) is 0 Å². The van der Waals surface area contributed by atoms with Crippen LogP contribution in [0.1, 0.15) is 17.8 Å². The van der Waals surface area contributed by atoms with Gasteiger partial charge < -0.3 is 0 Å². The summed E-state index contributed by atoms with van der Waals surface area (Å²) in [5.74, 6) is 0. The second kappa shape index (κ2) is 2.22. The fourth-order valence-electron chi connectivity index (χ4n) is 1.16. The highest BCUT2D eigenvalue weighted by Crippen LogP contribution is 2.59. The first-order valence-corrected chi connectivity index (χ1v) is 4.33. The van der Waals surface area contributed by atoms with Gasteiger partial charge >= 0.3 is 6.18 Å². The Labute approximate surface area is 71.2 Å². The average molecular weight is 192 g/mol. The second-order valence-electron chi connectivity index (χ2n) is 2.86. The minimum atomic E-state index is -4.14. The third kappa shape index (κ3) is 0.957. The zero-order chi connectivity index (χ0) is 8.82. The lowest BCUT2D eigenvalue weighted by atomic mass is 10.1. The Morgan fingerprint density at radius 2 is 2.17 bits per heavy atom. The smallest absolute Gasteiger partial charge is 0.239 e. The Bertz CT molecular complexity index is 273. The third-order valence-corrected chi connectivity index (χ3v) is 3.02. The van der Waals surface area contributed by atoms with E-state index in [1.807, 2.05) is 0 Å². The maximum Gasteiger partial charge on any atom is 0.400 e. The largest absolute Gasteiger partial charge is 0.400 e. The van der Waals surface area contributed by atoms with Gasteiger partial charge in [0.1, 0.15) is 16.6 Å². The molecule has 5 heteroatoms. The van der Waals surface area contributed by atoms with Gasteiger partial charge in [0.05, 0.1) is 0 Å². The summed E-state index contributed by atoms with van der Waals surface area (Å²) < 4.78 is 37.2. The van der Waals surface area contributed by atoms with E-state index in [-0.39, 0.29) is 17.8 Å². The van der Waals surface area contributed by atoms with Crippen LogP contribution in [0.2, 0.25) is 0 Å². The molecule has 1 radical (unpaired) electrons. The van der Waals surface area contributed by atoms with Gasteiger partial charge in [-0.1, -0.05) is 0 Å². The van der Waals surface area contributed by atoms with Crippen molar-refractivity contribution in [2.75, 3.05) is 0 Å². The van der Waals surface area contributed by atoms with Crippen molar-refractivity contribution in [3.8, 4) is 0 Å². The predicted molar refractivity (Wildman–Crippen MR) is 37.9 cm³/mol. The van der Waals surface area contributed by atoms with Crippen LogP contribution in [-0.2, 0) is 5.41 Å². The zero-order valence-electron chi connectivity index (χ0n) is 5.98. The lowest BCUT2D eigenvalue weighted by Gasteiger charge is -2.15. The molecule has 0 saturated heterocycles. The average Bonchev–Trinajstić information content (AvgIpc) is 2.61. The molecule has 1 aromatic heterocycles. The normalized spacial score (nSPS) is 20.9. The van der Waals surface area contributed by atoms with Crippen LogP contribution in [0.5, 0.6) is 0 Å². The minimum absolute atomic E-state index is 0.162. The van der Waals surface area contributed by atoms with Crippen LogP contribution in [0.25, 0.3) is 0 Å². The van der Waals surface area contributed by atoms with Crippen LogP contribution in [0.3, 0.4) is 0 Å². The first-order chi connectivity index (χ1) is 5.56. The number of halogens is 3. The molecule has 1 aliphatic carbocycles. The predicted octanol–water partition coefficient (Wildman–Crippen LogP) is 2.54. The van der Waals surface area contributed by atoms with E-state index in [0.717, 1.165) is 11.3 Å². The van der Waals surface area contributed by atoms with Crippen molar-refractivity contribution in [2.24, 2.45) is 0 Å². The number of hydrogen-bond acceptors (Lipinski definition) is 2. The number of hydrogen-bond donors (Lipinski definition) is 0. The Hall–Kier alpha value is -0.580. The van der Waals surface area contributed by atoms with Gasteiger partial charge in [0.25, 0.3) is 0 Å². The summed E-state index contributed by atoms with van der Waals surface area (Å²) in [6.45, 7) is 0.